The smallest absolute Gasteiger partial charge is 0.219 e. The second-order valence-electron chi connectivity index (χ2n) is 12.0. The summed E-state index contributed by atoms with van der Waals surface area (Å²) in [5.74, 6) is -0.0654. The van der Waals surface area contributed by atoms with Crippen LogP contribution in [0.25, 0.3) is 11.1 Å². The number of hydrogen-bond donors (Lipinski definition) is 2. The van der Waals surface area contributed by atoms with Crippen molar-refractivity contribution in [2.24, 2.45) is 10.4 Å². The number of amides is 1. The molecule has 0 aromatic heterocycles. The van der Waals surface area contributed by atoms with Gasteiger partial charge in [-0.15, -0.1) is 0 Å². The molecule has 0 bridgehead atoms. The zero-order valence-corrected chi connectivity index (χ0v) is 25.6. The first-order chi connectivity index (χ1) is 19.7. The van der Waals surface area contributed by atoms with Crippen molar-refractivity contribution in [1.82, 2.24) is 10.2 Å². The van der Waals surface area contributed by atoms with Crippen LogP contribution in [0.3, 0.4) is 0 Å². The van der Waals surface area contributed by atoms with Crippen LogP contribution in [0.2, 0.25) is 5.02 Å². The number of benzene rings is 3. The van der Waals surface area contributed by atoms with Crippen molar-refractivity contribution in [3.63, 3.8) is 0 Å². The van der Waals surface area contributed by atoms with Gasteiger partial charge in [0, 0.05) is 72.6 Å². The molecule has 3 aliphatic rings. The normalized spacial score (nSPS) is 18.6. The number of anilines is 4. The molecular formula is C32H37ClN6OS. The fourth-order valence-corrected chi connectivity index (χ4v) is 7.36. The molecule has 1 fully saturated rings. The Hall–Kier alpha value is -3.20. The number of rotatable bonds is 5. The Morgan fingerprint density at radius 1 is 1.02 bits per heavy atom. The number of nitrogens with zero attached hydrogens (tertiary/aromatic N) is 4. The van der Waals surface area contributed by atoms with Crippen LogP contribution in [0.4, 0.5) is 28.4 Å². The largest absolute Gasteiger partial charge is 0.378 e. The van der Waals surface area contributed by atoms with E-state index >= 15 is 0 Å². The highest BCUT2D eigenvalue weighted by molar-refractivity contribution is 8.00. The Labute approximate surface area is 251 Å². The van der Waals surface area contributed by atoms with Crippen molar-refractivity contribution in [1.29, 1.82) is 0 Å². The minimum atomic E-state index is -0.274. The first kappa shape index (κ1) is 27.9. The lowest BCUT2D eigenvalue weighted by Gasteiger charge is -2.41. The van der Waals surface area contributed by atoms with Gasteiger partial charge in [-0.1, -0.05) is 62.3 Å². The van der Waals surface area contributed by atoms with Crippen molar-refractivity contribution in [2.75, 3.05) is 54.4 Å². The summed E-state index contributed by atoms with van der Waals surface area (Å²) in [7, 11) is 0. The summed E-state index contributed by atoms with van der Waals surface area (Å²) in [4.78, 5) is 25.7. The zero-order valence-electron chi connectivity index (χ0n) is 24.1. The predicted molar refractivity (Wildman–Crippen MR) is 174 cm³/mol. The Bertz CT molecular complexity index is 1480. The molecule has 6 rings (SSSR count). The van der Waals surface area contributed by atoms with Gasteiger partial charge in [0.15, 0.2) is 5.50 Å². The van der Waals surface area contributed by atoms with Crippen LogP contribution in [0.1, 0.15) is 27.7 Å². The van der Waals surface area contributed by atoms with Crippen molar-refractivity contribution in [3.05, 3.63) is 59.6 Å². The summed E-state index contributed by atoms with van der Waals surface area (Å²) in [6.07, 6.45) is 1.94. The summed E-state index contributed by atoms with van der Waals surface area (Å²) >= 11 is 7.97. The maximum Gasteiger partial charge on any atom is 0.219 e. The van der Waals surface area contributed by atoms with Gasteiger partial charge in [-0.05, 0) is 41.8 Å². The number of piperazine rings is 1. The summed E-state index contributed by atoms with van der Waals surface area (Å²) in [5.41, 5.74) is 7.52. The molecule has 2 N–H and O–H groups in total. The zero-order chi connectivity index (χ0) is 28.7. The van der Waals surface area contributed by atoms with Gasteiger partial charge in [-0.25, -0.2) is 0 Å². The van der Waals surface area contributed by atoms with E-state index in [4.69, 9.17) is 16.6 Å². The standard InChI is InChI=1S/C32H37ClN6OS/c1-21(40)36-31-39(23-10-8-22(33)9-11-23)30-27(41-31)13-12-25(24-6-5-7-26-28(24)35-15-14-34-26)29(30)38-18-16-37(17-19-38)20-32(2,3)4/h5-13,15,31,34H,14,16-20H2,1-4H3,(H,36,40). The van der Waals surface area contributed by atoms with Crippen LogP contribution in [-0.4, -0.2) is 61.8 Å². The third-order valence-electron chi connectivity index (χ3n) is 7.58. The molecule has 1 atom stereocenters. The van der Waals surface area contributed by atoms with Crippen LogP contribution in [0.15, 0.2) is 64.5 Å². The lowest BCUT2D eigenvalue weighted by molar-refractivity contribution is -0.119. The van der Waals surface area contributed by atoms with Crippen molar-refractivity contribution in [2.45, 2.75) is 38.1 Å². The fraction of sp³-hybridized carbons (Fsp3) is 0.375. The van der Waals surface area contributed by atoms with Gasteiger partial charge >= 0.3 is 0 Å². The number of fused-ring (bicyclic) bond motifs is 2. The Balaban J connectivity index is 1.51. The minimum absolute atomic E-state index is 0.0654. The first-order valence-electron chi connectivity index (χ1n) is 14.2. The van der Waals surface area contributed by atoms with Gasteiger partial charge in [-0.2, -0.15) is 0 Å². The van der Waals surface area contributed by atoms with Crippen molar-refractivity contribution in [3.8, 4) is 11.1 Å². The quantitative estimate of drug-likeness (QED) is 0.336. The minimum Gasteiger partial charge on any atom is -0.378 e. The van der Waals surface area contributed by atoms with Crippen LogP contribution in [0.5, 0.6) is 0 Å². The van der Waals surface area contributed by atoms with Crippen LogP contribution < -0.4 is 20.4 Å². The summed E-state index contributed by atoms with van der Waals surface area (Å²) in [6, 6.07) is 18.7. The molecular weight excluding hydrogens is 552 g/mol. The molecule has 1 amide bonds. The average molecular weight is 589 g/mol. The van der Waals surface area contributed by atoms with E-state index in [1.807, 2.05) is 30.5 Å². The molecule has 0 radical (unpaired) electrons. The Kier molecular flexibility index (Phi) is 7.66. The molecule has 0 aliphatic carbocycles. The predicted octanol–water partition coefficient (Wildman–Crippen LogP) is 6.97. The van der Waals surface area contributed by atoms with E-state index in [1.54, 1.807) is 18.7 Å². The molecule has 214 valence electrons. The summed E-state index contributed by atoms with van der Waals surface area (Å²) < 4.78 is 0. The van der Waals surface area contributed by atoms with Crippen LogP contribution in [-0.2, 0) is 4.79 Å². The second kappa shape index (κ2) is 11.2. The van der Waals surface area contributed by atoms with Crippen LogP contribution in [0, 0.1) is 5.41 Å². The number of aliphatic imine (C=N–C) groups is 1. The van der Waals surface area contributed by atoms with Gasteiger partial charge in [0.25, 0.3) is 0 Å². The van der Waals surface area contributed by atoms with Gasteiger partial charge in [0.1, 0.15) is 0 Å². The Morgan fingerprint density at radius 2 is 1.78 bits per heavy atom. The molecule has 0 saturated carbocycles. The van der Waals surface area contributed by atoms with Gasteiger partial charge in [-0.3, -0.25) is 14.7 Å². The third kappa shape index (κ3) is 5.78. The Morgan fingerprint density at radius 3 is 2.49 bits per heavy atom. The maximum absolute atomic E-state index is 12.4. The molecule has 1 unspecified atom stereocenters. The fourth-order valence-electron chi connectivity index (χ4n) is 5.99. The maximum atomic E-state index is 12.4. The molecule has 1 saturated heterocycles. The SMILES string of the molecule is CC(=O)NC1Sc2ccc(-c3cccc4c3N=CCN4)c(N3CCN(CC(C)(C)C)CC3)c2N1c1ccc(Cl)cc1. The first-order valence-corrected chi connectivity index (χ1v) is 15.5. The van der Waals surface area contributed by atoms with E-state index < -0.39 is 0 Å². The molecule has 7 nitrogen and oxygen atoms in total. The molecule has 3 aliphatic heterocycles. The van der Waals surface area contributed by atoms with Crippen molar-refractivity contribution >= 4 is 63.9 Å². The molecule has 3 aromatic rings. The topological polar surface area (TPSA) is 63.2 Å². The summed E-state index contributed by atoms with van der Waals surface area (Å²) in [6.45, 7) is 14.1. The average Bonchev–Trinajstić information content (AvgIpc) is 3.29. The molecule has 3 aromatic carbocycles. The highest BCUT2D eigenvalue weighted by Crippen LogP contribution is 2.55. The summed E-state index contributed by atoms with van der Waals surface area (Å²) in [5, 5.41) is 7.34. The van der Waals surface area contributed by atoms with E-state index in [0.29, 0.717) is 5.02 Å². The second-order valence-corrected chi connectivity index (χ2v) is 13.6. The van der Waals surface area contributed by atoms with E-state index in [-0.39, 0.29) is 16.8 Å². The monoisotopic (exact) mass is 588 g/mol. The van der Waals surface area contributed by atoms with E-state index in [0.717, 1.165) is 78.0 Å². The van der Waals surface area contributed by atoms with Crippen LogP contribution >= 0.6 is 23.4 Å². The number of nitrogens with one attached hydrogen (secondary N) is 2. The van der Waals surface area contributed by atoms with E-state index in [1.165, 1.54) is 5.69 Å². The third-order valence-corrected chi connectivity index (χ3v) is 8.96. The lowest BCUT2D eigenvalue weighted by Crippen LogP contribution is -2.49. The number of carbonyl (C=O) groups excluding carboxylic acids is 1. The molecule has 9 heteroatoms. The number of carbonyl (C=O) groups is 1. The van der Waals surface area contributed by atoms with Gasteiger partial charge in [0.2, 0.25) is 5.91 Å². The number of hydrogen-bond acceptors (Lipinski definition) is 7. The number of para-hydroxylation sites is 1. The van der Waals surface area contributed by atoms with E-state index in [9.17, 15) is 4.79 Å². The number of halogens is 1. The lowest BCUT2D eigenvalue weighted by atomic mass is 9.95. The highest BCUT2D eigenvalue weighted by Gasteiger charge is 2.38. The highest BCUT2D eigenvalue weighted by atomic mass is 35.5. The molecule has 0 spiro atoms. The van der Waals surface area contributed by atoms with Gasteiger partial charge in [0.05, 0.1) is 29.3 Å². The van der Waals surface area contributed by atoms with Gasteiger partial charge < -0.3 is 20.4 Å². The number of thioether (sulfide) groups is 1. The molecule has 41 heavy (non-hydrogen) atoms. The van der Waals surface area contributed by atoms with Crippen molar-refractivity contribution < 1.29 is 4.79 Å². The molecule has 3 heterocycles. The van der Waals surface area contributed by atoms with E-state index in [2.05, 4.69) is 76.4 Å².